The summed E-state index contributed by atoms with van der Waals surface area (Å²) in [5.74, 6) is -1.94. The van der Waals surface area contributed by atoms with E-state index in [2.05, 4.69) is 10.00 Å². The van der Waals surface area contributed by atoms with Gasteiger partial charge in [-0.25, -0.2) is 9.18 Å². The molecule has 3 rings (SSSR count). The van der Waals surface area contributed by atoms with Crippen molar-refractivity contribution in [3.63, 3.8) is 0 Å². The van der Waals surface area contributed by atoms with Crippen molar-refractivity contribution in [2.75, 3.05) is 26.2 Å². The molecule has 1 amide bonds. The van der Waals surface area contributed by atoms with E-state index >= 15 is 0 Å². The van der Waals surface area contributed by atoms with Crippen LogP contribution >= 0.6 is 11.6 Å². The molecule has 1 saturated heterocycles. The summed E-state index contributed by atoms with van der Waals surface area (Å²) in [7, 11) is 1.58. The van der Waals surface area contributed by atoms with Crippen LogP contribution < -0.4 is 0 Å². The topological polar surface area (TPSA) is 78.7 Å². The van der Waals surface area contributed by atoms with Gasteiger partial charge in [0, 0.05) is 51.0 Å². The fourth-order valence-corrected chi connectivity index (χ4v) is 3.18. The second-order valence-electron chi connectivity index (χ2n) is 6.17. The van der Waals surface area contributed by atoms with Gasteiger partial charge < -0.3 is 10.0 Å². The van der Waals surface area contributed by atoms with E-state index in [-0.39, 0.29) is 23.0 Å². The van der Waals surface area contributed by atoms with Crippen molar-refractivity contribution in [1.82, 2.24) is 19.6 Å². The molecule has 2 aromatic rings. The monoisotopic (exact) mass is 380 g/mol. The quantitative estimate of drug-likeness (QED) is 0.876. The molecule has 0 radical (unpaired) electrons. The van der Waals surface area contributed by atoms with Gasteiger partial charge in [-0.15, -0.1) is 0 Å². The lowest BCUT2D eigenvalue weighted by Gasteiger charge is -2.34. The molecule has 1 fully saturated rings. The summed E-state index contributed by atoms with van der Waals surface area (Å²) < 4.78 is 14.4. The number of aryl methyl sites for hydroxylation is 1. The molecule has 2 heterocycles. The van der Waals surface area contributed by atoms with Crippen molar-refractivity contribution in [3.05, 3.63) is 52.1 Å². The van der Waals surface area contributed by atoms with Crippen molar-refractivity contribution < 1.29 is 19.1 Å². The Morgan fingerprint density at radius 2 is 1.96 bits per heavy atom. The normalized spacial score (nSPS) is 15.3. The minimum absolute atomic E-state index is 0.0463. The first-order chi connectivity index (χ1) is 12.3. The number of hydrogen-bond donors (Lipinski definition) is 1. The van der Waals surface area contributed by atoms with Gasteiger partial charge in [0.25, 0.3) is 5.91 Å². The van der Waals surface area contributed by atoms with Gasteiger partial charge in [0.05, 0.1) is 0 Å². The third-order valence-electron chi connectivity index (χ3n) is 4.33. The molecule has 1 aromatic heterocycles. The maximum absolute atomic E-state index is 13.1. The number of hydrogen-bond acceptors (Lipinski definition) is 4. The van der Waals surface area contributed by atoms with Crippen LogP contribution in [-0.2, 0) is 13.6 Å². The first-order valence-electron chi connectivity index (χ1n) is 8.07. The molecule has 0 bridgehead atoms. The van der Waals surface area contributed by atoms with Gasteiger partial charge in [0.2, 0.25) is 0 Å². The van der Waals surface area contributed by atoms with Crippen molar-refractivity contribution in [2.45, 2.75) is 6.54 Å². The van der Waals surface area contributed by atoms with Crippen LogP contribution in [-0.4, -0.2) is 62.7 Å². The lowest BCUT2D eigenvalue weighted by atomic mass is 10.1. The van der Waals surface area contributed by atoms with Crippen LogP contribution in [0.5, 0.6) is 0 Å². The number of benzene rings is 1. The minimum atomic E-state index is -1.17. The highest BCUT2D eigenvalue weighted by Gasteiger charge is 2.28. The number of carboxylic acid groups (broad SMARTS) is 1. The van der Waals surface area contributed by atoms with E-state index in [0.717, 1.165) is 5.56 Å². The largest absolute Gasteiger partial charge is 0.478 e. The summed E-state index contributed by atoms with van der Waals surface area (Å²) >= 11 is 6.06. The van der Waals surface area contributed by atoms with Crippen molar-refractivity contribution in [1.29, 1.82) is 0 Å². The Morgan fingerprint density at radius 1 is 1.27 bits per heavy atom. The van der Waals surface area contributed by atoms with Crippen LogP contribution in [0.15, 0.2) is 24.4 Å². The molecule has 1 aliphatic rings. The molecule has 1 aromatic carbocycles. The van der Waals surface area contributed by atoms with Crippen LogP contribution in [0.25, 0.3) is 0 Å². The molecular weight excluding hydrogens is 363 g/mol. The van der Waals surface area contributed by atoms with Crippen LogP contribution in [0.2, 0.25) is 5.02 Å². The smallest absolute Gasteiger partial charge is 0.339 e. The van der Waals surface area contributed by atoms with Gasteiger partial charge in [-0.2, -0.15) is 5.10 Å². The predicted molar refractivity (Wildman–Crippen MR) is 92.8 cm³/mol. The summed E-state index contributed by atoms with van der Waals surface area (Å²) in [5.41, 5.74) is 0.679. The summed E-state index contributed by atoms with van der Waals surface area (Å²) in [6.07, 6.45) is 1.32. The molecule has 1 N–H and O–H groups in total. The predicted octanol–water partition coefficient (Wildman–Crippen LogP) is 1.87. The Morgan fingerprint density at radius 3 is 2.58 bits per heavy atom. The Bertz CT molecular complexity index is 847. The Balaban J connectivity index is 1.63. The number of aromatic carboxylic acids is 1. The van der Waals surface area contributed by atoms with Crippen molar-refractivity contribution in [3.8, 4) is 0 Å². The lowest BCUT2D eigenvalue weighted by molar-refractivity contribution is 0.0604. The molecular formula is C17H18ClFN4O3. The van der Waals surface area contributed by atoms with Gasteiger partial charge in [-0.05, 0) is 17.7 Å². The Labute approximate surface area is 154 Å². The number of nitrogens with zero attached hydrogens (tertiary/aromatic N) is 4. The van der Waals surface area contributed by atoms with E-state index in [4.69, 9.17) is 11.6 Å². The van der Waals surface area contributed by atoms with E-state index < -0.39 is 5.97 Å². The van der Waals surface area contributed by atoms with Crippen LogP contribution in [0, 0.1) is 5.82 Å². The number of piperazine rings is 1. The zero-order valence-electron chi connectivity index (χ0n) is 14.2. The van der Waals surface area contributed by atoms with Gasteiger partial charge in [-0.1, -0.05) is 17.7 Å². The molecule has 0 spiro atoms. The first-order valence-corrected chi connectivity index (χ1v) is 8.45. The maximum atomic E-state index is 13.1. The van der Waals surface area contributed by atoms with E-state index in [1.54, 1.807) is 18.0 Å². The molecule has 138 valence electrons. The average Bonchev–Trinajstić information content (AvgIpc) is 2.99. The summed E-state index contributed by atoms with van der Waals surface area (Å²) in [4.78, 5) is 27.6. The zero-order valence-corrected chi connectivity index (χ0v) is 14.9. The van der Waals surface area contributed by atoms with Gasteiger partial charge in [0.15, 0.2) is 5.69 Å². The highest BCUT2D eigenvalue weighted by molar-refractivity contribution is 6.31. The number of carbonyl (C=O) groups excluding carboxylic acids is 1. The Hall–Kier alpha value is -2.45. The standard InChI is InChI=1S/C17H18ClFN4O3/c1-21-10-13(17(25)26)15(20-21)16(24)23-6-4-22(5-7-23)9-11-2-3-12(19)8-14(11)18/h2-3,8,10H,4-7,9H2,1H3,(H,25,26). The first kappa shape index (κ1) is 18.3. The molecule has 0 unspecified atom stereocenters. The fraction of sp³-hybridized carbons (Fsp3) is 0.353. The van der Waals surface area contributed by atoms with Gasteiger partial charge in [-0.3, -0.25) is 14.4 Å². The molecule has 0 aliphatic carbocycles. The highest BCUT2D eigenvalue weighted by atomic mass is 35.5. The third-order valence-corrected chi connectivity index (χ3v) is 4.68. The lowest BCUT2D eigenvalue weighted by Crippen LogP contribution is -2.48. The third kappa shape index (κ3) is 3.86. The zero-order chi connectivity index (χ0) is 18.8. The summed E-state index contributed by atoms with van der Waals surface area (Å²) in [6.45, 7) is 2.68. The number of amides is 1. The number of aromatic nitrogens is 2. The van der Waals surface area contributed by atoms with Crippen molar-refractivity contribution >= 4 is 23.5 Å². The highest BCUT2D eigenvalue weighted by Crippen LogP contribution is 2.20. The SMILES string of the molecule is Cn1cc(C(=O)O)c(C(=O)N2CCN(Cc3ccc(F)cc3Cl)CC2)n1. The van der Waals surface area contributed by atoms with Crippen LogP contribution in [0.4, 0.5) is 4.39 Å². The molecule has 9 heteroatoms. The van der Waals surface area contributed by atoms with Gasteiger partial charge >= 0.3 is 5.97 Å². The second-order valence-corrected chi connectivity index (χ2v) is 6.58. The minimum Gasteiger partial charge on any atom is -0.478 e. The summed E-state index contributed by atoms with van der Waals surface area (Å²) in [6, 6.07) is 4.31. The second kappa shape index (κ2) is 7.43. The summed E-state index contributed by atoms with van der Waals surface area (Å²) in [5, 5.41) is 13.6. The molecule has 7 nitrogen and oxygen atoms in total. The number of halogens is 2. The van der Waals surface area contributed by atoms with E-state index in [9.17, 15) is 19.1 Å². The maximum Gasteiger partial charge on any atom is 0.339 e. The number of carboxylic acids is 1. The van der Waals surface area contributed by atoms with Crippen LogP contribution in [0.1, 0.15) is 26.4 Å². The fourth-order valence-electron chi connectivity index (χ4n) is 2.95. The van der Waals surface area contributed by atoms with Crippen molar-refractivity contribution in [2.24, 2.45) is 7.05 Å². The molecule has 0 saturated carbocycles. The molecule has 1 aliphatic heterocycles. The van der Waals surface area contributed by atoms with E-state index in [0.29, 0.717) is 37.7 Å². The van der Waals surface area contributed by atoms with Gasteiger partial charge in [0.1, 0.15) is 11.4 Å². The Kier molecular flexibility index (Phi) is 5.24. The molecule has 26 heavy (non-hydrogen) atoms. The van der Waals surface area contributed by atoms with E-state index in [1.807, 2.05) is 0 Å². The van der Waals surface area contributed by atoms with Crippen LogP contribution in [0.3, 0.4) is 0 Å². The molecule has 0 atom stereocenters. The average molecular weight is 381 g/mol. The van der Waals surface area contributed by atoms with E-state index in [1.165, 1.54) is 23.0 Å². The number of carbonyl (C=O) groups is 2. The number of rotatable bonds is 4.